The van der Waals surface area contributed by atoms with Crippen molar-refractivity contribution < 1.29 is 24.6 Å². The first-order valence-corrected chi connectivity index (χ1v) is 4.82. The van der Waals surface area contributed by atoms with E-state index in [0.717, 1.165) is 19.3 Å². The molecule has 92 valence electrons. The van der Waals surface area contributed by atoms with Crippen LogP contribution >= 0.6 is 0 Å². The number of amides is 1. The first kappa shape index (κ1) is 16.6. The fourth-order valence-corrected chi connectivity index (χ4v) is 0.692. The largest absolute Gasteiger partial charge is 0.478 e. The molecule has 1 amide bonds. The zero-order valence-corrected chi connectivity index (χ0v) is 9.18. The molecule has 0 aliphatic carbocycles. The highest BCUT2D eigenvalue weighted by Gasteiger charge is 1.90. The first-order valence-electron chi connectivity index (χ1n) is 4.82. The monoisotopic (exact) mass is 231 g/mol. The van der Waals surface area contributed by atoms with Crippen molar-refractivity contribution in [3.8, 4) is 0 Å². The molecule has 0 saturated heterocycles. The lowest BCUT2D eigenvalue weighted by atomic mass is 10.2. The molecule has 0 aliphatic heterocycles. The van der Waals surface area contributed by atoms with E-state index in [9.17, 15) is 14.4 Å². The predicted molar refractivity (Wildman–Crippen MR) is 57.7 cm³/mol. The van der Waals surface area contributed by atoms with Gasteiger partial charge in [0.2, 0.25) is 5.91 Å². The van der Waals surface area contributed by atoms with Gasteiger partial charge in [-0.1, -0.05) is 19.8 Å². The van der Waals surface area contributed by atoms with E-state index in [0.29, 0.717) is 18.6 Å². The molecule has 0 atom stereocenters. The summed E-state index contributed by atoms with van der Waals surface area (Å²) in [6.07, 6.45) is 4.88. The van der Waals surface area contributed by atoms with Crippen LogP contribution in [0.3, 0.4) is 0 Å². The van der Waals surface area contributed by atoms with Gasteiger partial charge in [0.25, 0.3) is 0 Å². The van der Waals surface area contributed by atoms with E-state index in [1.54, 1.807) is 0 Å². The molecule has 0 aromatic rings. The van der Waals surface area contributed by atoms with Gasteiger partial charge >= 0.3 is 11.9 Å². The van der Waals surface area contributed by atoms with Crippen LogP contribution in [0, 0.1) is 0 Å². The fraction of sp³-hybridized carbons (Fsp3) is 0.500. The molecule has 6 heteroatoms. The fourth-order valence-electron chi connectivity index (χ4n) is 0.692. The summed E-state index contributed by atoms with van der Waals surface area (Å²) in [4.78, 5) is 29.2. The van der Waals surface area contributed by atoms with Crippen LogP contribution in [0.5, 0.6) is 0 Å². The summed E-state index contributed by atoms with van der Waals surface area (Å²) in [6.45, 7) is 2.10. The maximum absolute atomic E-state index is 10.1. The highest BCUT2D eigenvalue weighted by atomic mass is 16.4. The Labute approximate surface area is 93.8 Å². The van der Waals surface area contributed by atoms with Crippen LogP contribution in [0.1, 0.15) is 32.6 Å². The number of hydrogen-bond acceptors (Lipinski definition) is 3. The van der Waals surface area contributed by atoms with E-state index < -0.39 is 11.9 Å². The lowest BCUT2D eigenvalue weighted by Gasteiger charge is -1.90. The molecule has 6 nitrogen and oxygen atoms in total. The van der Waals surface area contributed by atoms with E-state index in [1.165, 1.54) is 0 Å². The molecule has 0 aromatic carbocycles. The molecule has 0 bridgehead atoms. The Bertz CT molecular complexity index is 244. The maximum Gasteiger partial charge on any atom is 0.328 e. The Morgan fingerprint density at radius 3 is 1.75 bits per heavy atom. The number of aliphatic carboxylic acids is 2. The molecule has 0 unspecified atom stereocenters. The van der Waals surface area contributed by atoms with Crippen molar-refractivity contribution >= 4 is 17.8 Å². The lowest BCUT2D eigenvalue weighted by Crippen LogP contribution is -2.09. The molecule has 0 aliphatic rings. The number of unbranched alkanes of at least 4 members (excludes halogenated alkanes) is 2. The number of rotatable bonds is 6. The third-order valence-corrected chi connectivity index (χ3v) is 1.40. The van der Waals surface area contributed by atoms with Crippen molar-refractivity contribution in [1.29, 1.82) is 0 Å². The Balaban J connectivity index is 0. The van der Waals surface area contributed by atoms with Crippen molar-refractivity contribution in [2.24, 2.45) is 5.73 Å². The van der Waals surface area contributed by atoms with Gasteiger partial charge in [0.1, 0.15) is 0 Å². The van der Waals surface area contributed by atoms with Crippen molar-refractivity contribution in [3.05, 3.63) is 12.2 Å². The summed E-state index contributed by atoms with van der Waals surface area (Å²) >= 11 is 0. The molecule has 0 rings (SSSR count). The highest BCUT2D eigenvalue weighted by molar-refractivity contribution is 5.89. The van der Waals surface area contributed by atoms with E-state index >= 15 is 0 Å². The SMILES string of the molecule is CCCCCC(N)=O.O=C(O)/C=C\C(=O)O. The number of carboxylic acids is 2. The smallest absolute Gasteiger partial charge is 0.328 e. The molecule has 0 radical (unpaired) electrons. The Kier molecular flexibility index (Phi) is 11.6. The topological polar surface area (TPSA) is 118 Å². The second-order valence-corrected chi connectivity index (χ2v) is 2.93. The van der Waals surface area contributed by atoms with Crippen LogP contribution in [-0.2, 0) is 14.4 Å². The Morgan fingerprint density at radius 1 is 1.06 bits per heavy atom. The molecular formula is C10H17NO5. The number of nitrogens with two attached hydrogens (primary N) is 1. The van der Waals surface area contributed by atoms with Crippen LogP contribution < -0.4 is 5.73 Å². The average molecular weight is 231 g/mol. The van der Waals surface area contributed by atoms with Crippen LogP contribution in [0.15, 0.2) is 12.2 Å². The standard InChI is InChI=1S/C6H13NO.C4H4O4/c1-2-3-4-5-6(7)8;5-3(6)1-2-4(7)8/h2-5H2,1H3,(H2,7,8);1-2H,(H,5,6)(H,7,8)/b;2-1-. The van der Waals surface area contributed by atoms with E-state index in [-0.39, 0.29) is 5.91 Å². The zero-order valence-electron chi connectivity index (χ0n) is 9.18. The third-order valence-electron chi connectivity index (χ3n) is 1.40. The minimum atomic E-state index is -1.26. The van der Waals surface area contributed by atoms with Gasteiger partial charge < -0.3 is 15.9 Å². The second kappa shape index (κ2) is 11.2. The minimum Gasteiger partial charge on any atom is -0.478 e. The van der Waals surface area contributed by atoms with Gasteiger partial charge in [-0.05, 0) is 6.42 Å². The number of carboxylic acid groups (broad SMARTS) is 2. The second-order valence-electron chi connectivity index (χ2n) is 2.93. The number of primary amides is 1. The van der Waals surface area contributed by atoms with E-state index in [4.69, 9.17) is 15.9 Å². The summed E-state index contributed by atoms with van der Waals surface area (Å²) in [5, 5.41) is 15.6. The summed E-state index contributed by atoms with van der Waals surface area (Å²) in [6, 6.07) is 0. The van der Waals surface area contributed by atoms with Gasteiger partial charge in [-0.25, -0.2) is 9.59 Å². The zero-order chi connectivity index (χ0) is 13.0. The van der Waals surface area contributed by atoms with Crippen LogP contribution in [0.4, 0.5) is 0 Å². The average Bonchev–Trinajstić information content (AvgIpc) is 2.16. The Morgan fingerprint density at radius 2 is 1.50 bits per heavy atom. The molecule has 0 spiro atoms. The van der Waals surface area contributed by atoms with Crippen LogP contribution in [0.2, 0.25) is 0 Å². The minimum absolute atomic E-state index is 0.182. The molecule has 4 N–H and O–H groups in total. The third kappa shape index (κ3) is 22.7. The maximum atomic E-state index is 10.1. The van der Waals surface area contributed by atoms with Gasteiger partial charge in [0, 0.05) is 18.6 Å². The molecule has 0 saturated carbocycles. The van der Waals surface area contributed by atoms with Crippen molar-refractivity contribution in [2.45, 2.75) is 32.6 Å². The molecular weight excluding hydrogens is 214 g/mol. The summed E-state index contributed by atoms with van der Waals surface area (Å²) in [7, 11) is 0. The molecule has 0 heterocycles. The van der Waals surface area contributed by atoms with Gasteiger partial charge in [-0.15, -0.1) is 0 Å². The van der Waals surface area contributed by atoms with Crippen LogP contribution in [0.25, 0.3) is 0 Å². The quantitative estimate of drug-likeness (QED) is 0.460. The lowest BCUT2D eigenvalue weighted by molar-refractivity contribution is -0.134. The number of carbonyl (C=O) groups excluding carboxylic acids is 1. The molecule has 0 fully saturated rings. The first-order chi connectivity index (χ1) is 7.40. The van der Waals surface area contributed by atoms with Gasteiger partial charge in [0.05, 0.1) is 0 Å². The highest BCUT2D eigenvalue weighted by Crippen LogP contribution is 1.96. The Hall–Kier alpha value is -1.85. The summed E-state index contributed by atoms with van der Waals surface area (Å²) in [5.41, 5.74) is 4.89. The number of hydrogen-bond donors (Lipinski definition) is 3. The van der Waals surface area contributed by atoms with E-state index in [1.807, 2.05) is 0 Å². The van der Waals surface area contributed by atoms with Gasteiger partial charge in [0.15, 0.2) is 0 Å². The van der Waals surface area contributed by atoms with Crippen molar-refractivity contribution in [2.75, 3.05) is 0 Å². The summed E-state index contributed by atoms with van der Waals surface area (Å²) < 4.78 is 0. The van der Waals surface area contributed by atoms with Crippen molar-refractivity contribution in [1.82, 2.24) is 0 Å². The van der Waals surface area contributed by atoms with Gasteiger partial charge in [-0.2, -0.15) is 0 Å². The van der Waals surface area contributed by atoms with E-state index in [2.05, 4.69) is 6.92 Å². The molecule has 16 heavy (non-hydrogen) atoms. The number of carbonyl (C=O) groups is 3. The van der Waals surface area contributed by atoms with Crippen LogP contribution in [-0.4, -0.2) is 28.1 Å². The predicted octanol–water partition coefficient (Wildman–Crippen LogP) is 0.764. The van der Waals surface area contributed by atoms with Crippen molar-refractivity contribution in [3.63, 3.8) is 0 Å². The normalized spacial score (nSPS) is 9.31. The summed E-state index contributed by atoms with van der Waals surface area (Å²) in [5.74, 6) is -2.70. The molecule has 0 aromatic heterocycles. The van der Waals surface area contributed by atoms with Gasteiger partial charge in [-0.3, -0.25) is 4.79 Å².